The van der Waals surface area contributed by atoms with Crippen LogP contribution in [0.3, 0.4) is 0 Å². The number of nitrogens with zero attached hydrogens (tertiary/aromatic N) is 5. The van der Waals surface area contributed by atoms with Crippen LogP contribution >= 0.6 is 0 Å². The maximum Gasteiger partial charge on any atom is 0.270 e. The lowest BCUT2D eigenvalue weighted by Crippen LogP contribution is -2.41. The van der Waals surface area contributed by atoms with E-state index >= 15 is 0 Å². The molecule has 0 radical (unpaired) electrons. The van der Waals surface area contributed by atoms with E-state index in [1.54, 1.807) is 0 Å². The molecule has 26 heavy (non-hydrogen) atoms. The van der Waals surface area contributed by atoms with Crippen molar-refractivity contribution in [2.24, 2.45) is 5.92 Å². The molecule has 2 aliphatic rings. The maximum absolute atomic E-state index is 12.3. The van der Waals surface area contributed by atoms with Crippen LogP contribution in [0.5, 0.6) is 0 Å². The van der Waals surface area contributed by atoms with Crippen LogP contribution in [0.4, 0.5) is 5.82 Å². The first-order valence-corrected chi connectivity index (χ1v) is 9.51. The first-order chi connectivity index (χ1) is 12.6. The lowest BCUT2D eigenvalue weighted by atomic mass is 9.96. The van der Waals surface area contributed by atoms with Crippen molar-refractivity contribution in [1.29, 1.82) is 0 Å². The molecule has 0 saturated carbocycles. The van der Waals surface area contributed by atoms with Crippen LogP contribution in [-0.4, -0.2) is 45.1 Å². The van der Waals surface area contributed by atoms with Crippen LogP contribution in [0.15, 0.2) is 18.7 Å². The van der Waals surface area contributed by atoms with Gasteiger partial charge in [0, 0.05) is 50.1 Å². The summed E-state index contributed by atoms with van der Waals surface area (Å²) in [6.45, 7) is 7.73. The fraction of sp³-hybridized carbons (Fsp3) is 0.579. The SMILES string of the molecule is CC(C)c1nc2c(c(N3CCCC(Cn4ccnc4)C3)n1)CCNC2=O. The maximum atomic E-state index is 12.3. The molecule has 0 bridgehead atoms. The second kappa shape index (κ2) is 7.05. The van der Waals surface area contributed by atoms with Gasteiger partial charge >= 0.3 is 0 Å². The fourth-order valence-corrected chi connectivity index (χ4v) is 3.91. The molecular weight excluding hydrogens is 328 g/mol. The fourth-order valence-electron chi connectivity index (χ4n) is 3.91. The standard InChI is InChI=1S/C19H26N6O/c1-13(2)17-22-16-15(5-6-21-19(16)26)18(23-17)25-8-3-4-14(11-25)10-24-9-7-20-12-24/h7,9,12-14H,3-6,8,10-11H2,1-2H3,(H,21,26). The van der Waals surface area contributed by atoms with Gasteiger partial charge in [-0.25, -0.2) is 15.0 Å². The van der Waals surface area contributed by atoms with Crippen molar-refractivity contribution in [3.8, 4) is 0 Å². The van der Waals surface area contributed by atoms with E-state index in [0.717, 1.165) is 49.7 Å². The van der Waals surface area contributed by atoms with Crippen LogP contribution in [0.25, 0.3) is 0 Å². The minimum Gasteiger partial charge on any atom is -0.356 e. The van der Waals surface area contributed by atoms with E-state index in [-0.39, 0.29) is 11.8 Å². The Morgan fingerprint density at radius 3 is 3.00 bits per heavy atom. The third-order valence-electron chi connectivity index (χ3n) is 5.24. The molecule has 7 nitrogen and oxygen atoms in total. The molecule has 1 fully saturated rings. The van der Waals surface area contributed by atoms with Gasteiger partial charge in [-0.2, -0.15) is 0 Å². The summed E-state index contributed by atoms with van der Waals surface area (Å²) in [5.74, 6) is 2.42. The van der Waals surface area contributed by atoms with Crippen LogP contribution < -0.4 is 10.2 Å². The number of piperidine rings is 1. The highest BCUT2D eigenvalue weighted by Gasteiger charge is 2.29. The Morgan fingerprint density at radius 2 is 2.23 bits per heavy atom. The quantitative estimate of drug-likeness (QED) is 0.909. The normalized spacial score (nSPS) is 20.2. The van der Waals surface area contributed by atoms with Crippen molar-refractivity contribution in [3.63, 3.8) is 0 Å². The van der Waals surface area contributed by atoms with Gasteiger partial charge in [-0.05, 0) is 25.2 Å². The van der Waals surface area contributed by atoms with Gasteiger partial charge in [0.1, 0.15) is 17.3 Å². The number of aromatic nitrogens is 4. The van der Waals surface area contributed by atoms with Crippen molar-refractivity contribution in [2.45, 2.75) is 45.6 Å². The van der Waals surface area contributed by atoms with Gasteiger partial charge in [-0.15, -0.1) is 0 Å². The Kier molecular flexibility index (Phi) is 4.61. The van der Waals surface area contributed by atoms with Crippen molar-refractivity contribution in [1.82, 2.24) is 24.8 Å². The molecule has 1 atom stereocenters. The molecule has 2 aromatic rings. The summed E-state index contributed by atoms with van der Waals surface area (Å²) < 4.78 is 2.15. The highest BCUT2D eigenvalue weighted by molar-refractivity contribution is 5.96. The van der Waals surface area contributed by atoms with E-state index in [2.05, 4.69) is 38.6 Å². The van der Waals surface area contributed by atoms with E-state index in [0.29, 0.717) is 18.2 Å². The van der Waals surface area contributed by atoms with E-state index in [1.807, 2.05) is 18.7 Å². The number of imidazole rings is 1. The molecule has 4 rings (SSSR count). The monoisotopic (exact) mass is 354 g/mol. The van der Waals surface area contributed by atoms with Crippen molar-refractivity contribution < 1.29 is 4.79 Å². The zero-order valence-corrected chi connectivity index (χ0v) is 15.5. The van der Waals surface area contributed by atoms with Gasteiger partial charge in [0.2, 0.25) is 0 Å². The van der Waals surface area contributed by atoms with Gasteiger partial charge in [-0.3, -0.25) is 4.79 Å². The van der Waals surface area contributed by atoms with Crippen LogP contribution in [-0.2, 0) is 13.0 Å². The molecule has 2 aliphatic heterocycles. The van der Waals surface area contributed by atoms with E-state index < -0.39 is 0 Å². The predicted octanol–water partition coefficient (Wildman–Crippen LogP) is 2.00. The van der Waals surface area contributed by atoms with Gasteiger partial charge in [0.25, 0.3) is 5.91 Å². The number of nitrogens with one attached hydrogen (secondary N) is 1. The average molecular weight is 354 g/mol. The lowest BCUT2D eigenvalue weighted by Gasteiger charge is -2.36. The smallest absolute Gasteiger partial charge is 0.270 e. The summed E-state index contributed by atoms with van der Waals surface area (Å²) >= 11 is 0. The number of carbonyl (C=O) groups is 1. The molecule has 1 saturated heterocycles. The first kappa shape index (κ1) is 17.0. The molecule has 0 aliphatic carbocycles. The van der Waals surface area contributed by atoms with Crippen molar-refractivity contribution in [2.75, 3.05) is 24.5 Å². The molecule has 1 amide bonds. The van der Waals surface area contributed by atoms with Crippen molar-refractivity contribution in [3.05, 3.63) is 35.8 Å². The van der Waals surface area contributed by atoms with Gasteiger partial charge < -0.3 is 14.8 Å². The van der Waals surface area contributed by atoms with Gasteiger partial charge in [-0.1, -0.05) is 13.8 Å². The van der Waals surface area contributed by atoms with E-state index in [9.17, 15) is 4.79 Å². The predicted molar refractivity (Wildman–Crippen MR) is 99.3 cm³/mol. The molecule has 0 aromatic carbocycles. The second-order valence-corrected chi connectivity index (χ2v) is 7.61. The first-order valence-electron chi connectivity index (χ1n) is 9.51. The number of carbonyl (C=O) groups excluding carboxylic acids is 1. The van der Waals surface area contributed by atoms with Crippen LogP contribution in [0.1, 0.15) is 54.5 Å². The van der Waals surface area contributed by atoms with Crippen molar-refractivity contribution >= 4 is 11.7 Å². The number of hydrogen-bond donors (Lipinski definition) is 1. The minimum atomic E-state index is -0.0659. The number of anilines is 1. The summed E-state index contributed by atoms with van der Waals surface area (Å²) in [5, 5.41) is 2.91. The zero-order chi connectivity index (χ0) is 18.1. The molecule has 1 N–H and O–H groups in total. The number of hydrogen-bond acceptors (Lipinski definition) is 5. The summed E-state index contributed by atoms with van der Waals surface area (Å²) in [6.07, 6.45) is 8.88. The average Bonchev–Trinajstić information content (AvgIpc) is 3.14. The van der Waals surface area contributed by atoms with Crippen LogP contribution in [0.2, 0.25) is 0 Å². The number of amides is 1. The van der Waals surface area contributed by atoms with Gasteiger partial charge in [0.15, 0.2) is 0 Å². The van der Waals surface area contributed by atoms with E-state index in [1.165, 1.54) is 6.42 Å². The number of rotatable bonds is 4. The summed E-state index contributed by atoms with van der Waals surface area (Å²) in [6, 6.07) is 0. The molecular formula is C19H26N6O. The topological polar surface area (TPSA) is 75.9 Å². The Hall–Kier alpha value is -2.44. The largest absolute Gasteiger partial charge is 0.356 e. The Morgan fingerprint density at radius 1 is 1.35 bits per heavy atom. The molecule has 0 spiro atoms. The Bertz CT molecular complexity index is 786. The second-order valence-electron chi connectivity index (χ2n) is 7.61. The highest BCUT2D eigenvalue weighted by Crippen LogP contribution is 2.30. The Balaban J connectivity index is 1.64. The van der Waals surface area contributed by atoms with E-state index in [4.69, 9.17) is 4.98 Å². The Labute approximate surface area is 153 Å². The van der Waals surface area contributed by atoms with Crippen LogP contribution in [0, 0.1) is 5.92 Å². The number of fused-ring (bicyclic) bond motifs is 1. The summed E-state index contributed by atoms with van der Waals surface area (Å²) in [4.78, 5) is 28.3. The third kappa shape index (κ3) is 3.30. The zero-order valence-electron chi connectivity index (χ0n) is 15.5. The minimum absolute atomic E-state index is 0.0659. The lowest BCUT2D eigenvalue weighted by molar-refractivity contribution is 0.0940. The molecule has 138 valence electrons. The molecule has 7 heteroatoms. The summed E-state index contributed by atoms with van der Waals surface area (Å²) in [5.41, 5.74) is 1.59. The molecule has 1 unspecified atom stereocenters. The highest BCUT2D eigenvalue weighted by atomic mass is 16.1. The third-order valence-corrected chi connectivity index (χ3v) is 5.24. The molecule has 2 aromatic heterocycles. The molecule has 4 heterocycles. The van der Waals surface area contributed by atoms with Gasteiger partial charge in [0.05, 0.1) is 6.33 Å². The summed E-state index contributed by atoms with van der Waals surface area (Å²) in [7, 11) is 0.